The second-order valence-corrected chi connectivity index (χ2v) is 6.82. The number of hydrogen-bond donors (Lipinski definition) is 2. The van der Waals surface area contributed by atoms with Crippen LogP contribution in [-0.2, 0) is 19.4 Å². The lowest BCUT2D eigenvalue weighted by Crippen LogP contribution is -2.26. The number of hydrogen-bond acceptors (Lipinski definition) is 7. The molecule has 0 fully saturated rings. The maximum Gasteiger partial charge on any atom is 0.271 e. The molecular weight excluding hydrogens is 386 g/mol. The summed E-state index contributed by atoms with van der Waals surface area (Å²) in [4.78, 5) is 29.7. The fraction of sp³-hybridized carbons (Fsp3) is 0.353. The summed E-state index contributed by atoms with van der Waals surface area (Å²) < 4.78 is 2.06. The van der Waals surface area contributed by atoms with Crippen molar-refractivity contribution in [2.24, 2.45) is 0 Å². The van der Waals surface area contributed by atoms with Gasteiger partial charge in [0.15, 0.2) is 10.8 Å². The summed E-state index contributed by atoms with van der Waals surface area (Å²) in [5.74, 6) is 1.45. The number of carbonyl (C=O) groups excluding carboxylic acids is 1. The molecule has 8 nitrogen and oxygen atoms in total. The fourth-order valence-electron chi connectivity index (χ4n) is 2.81. The molecule has 1 amide bonds. The second-order valence-electron chi connectivity index (χ2n) is 5.96. The number of rotatable bonds is 5. The number of halogens is 1. The molecule has 0 saturated heterocycles. The van der Waals surface area contributed by atoms with Crippen LogP contribution in [0.5, 0.6) is 0 Å². The Morgan fingerprint density at radius 1 is 1.26 bits per heavy atom. The minimum atomic E-state index is -0.139. The van der Waals surface area contributed by atoms with Crippen LogP contribution in [0.1, 0.15) is 22.0 Å². The first-order valence-electron chi connectivity index (χ1n) is 8.56. The van der Waals surface area contributed by atoms with Crippen molar-refractivity contribution in [3.63, 3.8) is 0 Å². The van der Waals surface area contributed by atoms with Gasteiger partial charge < -0.3 is 15.2 Å². The minimum absolute atomic E-state index is 0. The van der Waals surface area contributed by atoms with E-state index in [-0.39, 0.29) is 18.3 Å². The predicted molar refractivity (Wildman–Crippen MR) is 105 cm³/mol. The monoisotopic (exact) mass is 405 g/mol. The van der Waals surface area contributed by atoms with Gasteiger partial charge in [-0.15, -0.1) is 23.7 Å². The Balaban J connectivity index is 0.00000210. The smallest absolute Gasteiger partial charge is 0.271 e. The van der Waals surface area contributed by atoms with Crippen LogP contribution in [0, 0.1) is 0 Å². The first kappa shape index (κ1) is 19.4. The summed E-state index contributed by atoms with van der Waals surface area (Å²) in [6.07, 6.45) is 6.74. The van der Waals surface area contributed by atoms with Crippen molar-refractivity contribution >= 4 is 29.7 Å². The van der Waals surface area contributed by atoms with Gasteiger partial charge in [-0.05, 0) is 6.07 Å². The number of fused-ring (bicyclic) bond motifs is 1. The van der Waals surface area contributed by atoms with Crippen LogP contribution < -0.4 is 10.6 Å². The third-order valence-corrected chi connectivity index (χ3v) is 5.01. The van der Waals surface area contributed by atoms with Gasteiger partial charge in [-0.2, -0.15) is 0 Å². The molecule has 0 radical (unpaired) electrons. The molecule has 142 valence electrons. The van der Waals surface area contributed by atoms with E-state index >= 15 is 0 Å². The molecule has 0 aromatic carbocycles. The lowest BCUT2D eigenvalue weighted by Gasteiger charge is -2.01. The Morgan fingerprint density at radius 2 is 2.11 bits per heavy atom. The normalized spacial score (nSPS) is 13.3. The van der Waals surface area contributed by atoms with Crippen molar-refractivity contribution in [2.75, 3.05) is 19.6 Å². The van der Waals surface area contributed by atoms with Gasteiger partial charge in [-0.25, -0.2) is 19.9 Å². The van der Waals surface area contributed by atoms with Gasteiger partial charge in [-0.3, -0.25) is 4.79 Å². The quantitative estimate of drug-likeness (QED) is 0.664. The van der Waals surface area contributed by atoms with Gasteiger partial charge in [0.1, 0.15) is 11.5 Å². The summed E-state index contributed by atoms with van der Waals surface area (Å²) in [5, 5.41) is 9.01. The van der Waals surface area contributed by atoms with E-state index in [4.69, 9.17) is 0 Å². The highest BCUT2D eigenvalue weighted by Crippen LogP contribution is 2.19. The Hall–Kier alpha value is -2.36. The molecule has 2 N–H and O–H groups in total. The molecule has 0 unspecified atom stereocenters. The topological polar surface area (TPSA) is 97.6 Å². The molecule has 3 aromatic rings. The molecule has 3 aromatic heterocycles. The van der Waals surface area contributed by atoms with E-state index in [1.54, 1.807) is 18.5 Å². The van der Waals surface area contributed by atoms with Crippen molar-refractivity contribution in [3.8, 4) is 10.8 Å². The summed E-state index contributed by atoms with van der Waals surface area (Å²) in [7, 11) is 0. The van der Waals surface area contributed by atoms with E-state index in [0.29, 0.717) is 24.5 Å². The average molecular weight is 406 g/mol. The van der Waals surface area contributed by atoms with Gasteiger partial charge in [0.25, 0.3) is 5.91 Å². The fourth-order valence-corrected chi connectivity index (χ4v) is 3.61. The standard InChI is InChI=1S/C17H19N7OS.ClH/c25-16(13-10-24-9-8-18-6-3-14(24)23-13)21-7-2-12-11-26-17(22-12)15-19-4-1-5-20-15;/h1,4-5,10-11,18H,2-3,6-9H2,(H,21,25);1H. The van der Waals surface area contributed by atoms with Crippen LogP contribution in [0.25, 0.3) is 10.8 Å². The number of amides is 1. The zero-order valence-corrected chi connectivity index (χ0v) is 16.2. The molecule has 0 saturated carbocycles. The zero-order valence-electron chi connectivity index (χ0n) is 14.6. The first-order chi connectivity index (χ1) is 12.8. The van der Waals surface area contributed by atoms with Gasteiger partial charge in [0.2, 0.25) is 0 Å². The van der Waals surface area contributed by atoms with E-state index < -0.39 is 0 Å². The Morgan fingerprint density at radius 3 is 2.96 bits per heavy atom. The molecule has 4 heterocycles. The van der Waals surface area contributed by atoms with Gasteiger partial charge in [0, 0.05) is 63.0 Å². The van der Waals surface area contributed by atoms with Crippen LogP contribution in [0.4, 0.5) is 0 Å². The molecule has 10 heteroatoms. The molecule has 0 spiro atoms. The van der Waals surface area contributed by atoms with Crippen molar-refractivity contribution in [1.82, 2.24) is 35.1 Å². The van der Waals surface area contributed by atoms with E-state index in [9.17, 15) is 4.79 Å². The van der Waals surface area contributed by atoms with Gasteiger partial charge >= 0.3 is 0 Å². The second kappa shape index (κ2) is 9.03. The molecule has 0 atom stereocenters. The van der Waals surface area contributed by atoms with Crippen LogP contribution in [0.15, 0.2) is 30.0 Å². The number of carbonyl (C=O) groups is 1. The first-order valence-corrected chi connectivity index (χ1v) is 9.44. The molecule has 0 bridgehead atoms. The Bertz CT molecular complexity index is 872. The number of nitrogens with one attached hydrogen (secondary N) is 2. The maximum atomic E-state index is 12.3. The molecular formula is C17H20ClN7OS. The summed E-state index contributed by atoms with van der Waals surface area (Å²) in [5.41, 5.74) is 1.41. The third kappa shape index (κ3) is 4.68. The lowest BCUT2D eigenvalue weighted by molar-refractivity contribution is 0.0949. The van der Waals surface area contributed by atoms with E-state index in [1.807, 2.05) is 11.6 Å². The van der Waals surface area contributed by atoms with Crippen LogP contribution in [0.3, 0.4) is 0 Å². The number of thiazole rings is 1. The maximum absolute atomic E-state index is 12.3. The van der Waals surface area contributed by atoms with Gasteiger partial charge in [0.05, 0.1) is 5.69 Å². The van der Waals surface area contributed by atoms with E-state index in [1.165, 1.54) is 11.3 Å². The molecule has 1 aliphatic heterocycles. The van der Waals surface area contributed by atoms with Crippen molar-refractivity contribution in [1.29, 1.82) is 0 Å². The number of aromatic nitrogens is 5. The largest absolute Gasteiger partial charge is 0.350 e. The summed E-state index contributed by atoms with van der Waals surface area (Å²) in [6, 6.07) is 1.78. The SMILES string of the molecule is Cl.O=C(NCCc1csc(-c2ncccn2)n1)c1cn2c(n1)CCNCC2. The molecule has 4 rings (SSSR count). The minimum Gasteiger partial charge on any atom is -0.350 e. The summed E-state index contributed by atoms with van der Waals surface area (Å²) in [6.45, 7) is 3.16. The number of nitrogens with zero attached hydrogens (tertiary/aromatic N) is 5. The average Bonchev–Trinajstić information content (AvgIpc) is 3.25. The van der Waals surface area contributed by atoms with Crippen LogP contribution in [0.2, 0.25) is 0 Å². The lowest BCUT2D eigenvalue weighted by atomic mass is 10.3. The van der Waals surface area contributed by atoms with Crippen molar-refractivity contribution in [3.05, 3.63) is 47.2 Å². The highest BCUT2D eigenvalue weighted by Gasteiger charge is 2.15. The highest BCUT2D eigenvalue weighted by atomic mass is 35.5. The zero-order chi connectivity index (χ0) is 17.8. The van der Waals surface area contributed by atoms with Crippen LogP contribution >= 0.6 is 23.7 Å². The predicted octanol–water partition coefficient (Wildman–Crippen LogP) is 1.34. The van der Waals surface area contributed by atoms with Crippen LogP contribution in [-0.4, -0.2) is 50.0 Å². The van der Waals surface area contributed by atoms with Crippen molar-refractivity contribution in [2.45, 2.75) is 19.4 Å². The highest BCUT2D eigenvalue weighted by molar-refractivity contribution is 7.13. The Kier molecular flexibility index (Phi) is 6.49. The van der Waals surface area contributed by atoms with E-state index in [2.05, 4.69) is 35.1 Å². The van der Waals surface area contributed by atoms with E-state index in [0.717, 1.165) is 42.6 Å². The van der Waals surface area contributed by atoms with Gasteiger partial charge in [-0.1, -0.05) is 0 Å². The molecule has 27 heavy (non-hydrogen) atoms. The van der Waals surface area contributed by atoms with Crippen molar-refractivity contribution < 1.29 is 4.79 Å². The number of imidazole rings is 1. The molecule has 1 aliphatic rings. The third-order valence-electron chi connectivity index (χ3n) is 4.12. The Labute approximate surface area is 166 Å². The summed E-state index contributed by atoms with van der Waals surface area (Å²) >= 11 is 1.51. The molecule has 0 aliphatic carbocycles.